The summed E-state index contributed by atoms with van der Waals surface area (Å²) in [4.78, 5) is 16.3. The zero-order chi connectivity index (χ0) is 19.5. The van der Waals surface area contributed by atoms with E-state index in [9.17, 15) is 4.79 Å². The molecule has 0 saturated heterocycles. The third-order valence-corrected chi connectivity index (χ3v) is 3.70. The molecular formula is C21H30IN5O. The summed E-state index contributed by atoms with van der Waals surface area (Å²) in [6.45, 7) is 7.98. The lowest BCUT2D eigenvalue weighted by atomic mass is 10.2. The Kier molecular flexibility index (Phi) is 11.0. The summed E-state index contributed by atoms with van der Waals surface area (Å²) < 4.78 is 0. The highest BCUT2D eigenvalue weighted by Crippen LogP contribution is 2.09. The van der Waals surface area contributed by atoms with Crippen molar-refractivity contribution in [3.8, 4) is 0 Å². The lowest BCUT2D eigenvalue weighted by Crippen LogP contribution is -2.36. The smallest absolute Gasteiger partial charge is 0.319 e. The van der Waals surface area contributed by atoms with Gasteiger partial charge in [0.05, 0.1) is 6.54 Å². The zero-order valence-electron chi connectivity index (χ0n) is 16.7. The minimum absolute atomic E-state index is 0. The van der Waals surface area contributed by atoms with Crippen molar-refractivity contribution >= 4 is 41.7 Å². The van der Waals surface area contributed by atoms with Crippen LogP contribution in [0.2, 0.25) is 0 Å². The van der Waals surface area contributed by atoms with Gasteiger partial charge in [0, 0.05) is 24.8 Å². The summed E-state index contributed by atoms with van der Waals surface area (Å²) in [5, 5.41) is 12.2. The summed E-state index contributed by atoms with van der Waals surface area (Å²) in [7, 11) is 0. The molecule has 0 heterocycles. The molecule has 0 aliphatic carbocycles. The quantitative estimate of drug-likeness (QED) is 0.266. The second-order valence-corrected chi connectivity index (χ2v) is 6.48. The fraction of sp³-hybridized carbons (Fsp3) is 0.333. The number of aliphatic imine (C=N–C) groups is 1. The van der Waals surface area contributed by atoms with Gasteiger partial charge in [-0.05, 0) is 44.0 Å². The van der Waals surface area contributed by atoms with E-state index in [4.69, 9.17) is 0 Å². The number of hydrogen-bond acceptors (Lipinski definition) is 2. The Labute approximate surface area is 184 Å². The minimum Gasteiger partial charge on any atom is -0.357 e. The van der Waals surface area contributed by atoms with Crippen LogP contribution in [0, 0.1) is 0 Å². The minimum atomic E-state index is -0.196. The van der Waals surface area contributed by atoms with Crippen LogP contribution in [0.1, 0.15) is 31.9 Å². The van der Waals surface area contributed by atoms with E-state index in [1.807, 2.05) is 63.2 Å². The van der Waals surface area contributed by atoms with Gasteiger partial charge in [0.15, 0.2) is 5.96 Å². The van der Waals surface area contributed by atoms with Crippen LogP contribution in [-0.4, -0.2) is 24.6 Å². The van der Waals surface area contributed by atoms with Gasteiger partial charge in [0.1, 0.15) is 0 Å². The largest absolute Gasteiger partial charge is 0.357 e. The van der Waals surface area contributed by atoms with Crippen LogP contribution >= 0.6 is 24.0 Å². The SMILES string of the molecule is CCNC(=NCc1ccccc1)NCc1ccc(NC(=O)NC(C)C)cc1.I. The Hall–Kier alpha value is -2.29. The van der Waals surface area contributed by atoms with E-state index in [0.29, 0.717) is 13.1 Å². The van der Waals surface area contributed by atoms with E-state index in [1.165, 1.54) is 5.56 Å². The van der Waals surface area contributed by atoms with Crippen LogP contribution in [0.5, 0.6) is 0 Å². The van der Waals surface area contributed by atoms with Gasteiger partial charge in [0.2, 0.25) is 0 Å². The summed E-state index contributed by atoms with van der Waals surface area (Å²) in [5.74, 6) is 0.778. The number of rotatable bonds is 7. The van der Waals surface area contributed by atoms with Gasteiger partial charge in [-0.3, -0.25) is 0 Å². The summed E-state index contributed by atoms with van der Waals surface area (Å²) in [5.41, 5.74) is 3.04. The van der Waals surface area contributed by atoms with Crippen LogP contribution < -0.4 is 21.3 Å². The topological polar surface area (TPSA) is 77.6 Å². The number of guanidine groups is 1. The Bertz CT molecular complexity index is 732. The van der Waals surface area contributed by atoms with Crippen molar-refractivity contribution in [3.63, 3.8) is 0 Å². The molecule has 7 heteroatoms. The molecule has 28 heavy (non-hydrogen) atoms. The second kappa shape index (κ2) is 13.0. The van der Waals surface area contributed by atoms with Gasteiger partial charge in [-0.1, -0.05) is 42.5 Å². The molecule has 152 valence electrons. The van der Waals surface area contributed by atoms with E-state index in [1.54, 1.807) is 0 Å². The first-order valence-corrected chi connectivity index (χ1v) is 9.29. The summed E-state index contributed by atoms with van der Waals surface area (Å²) in [6, 6.07) is 17.8. The fourth-order valence-corrected chi connectivity index (χ4v) is 2.42. The number of urea groups is 1. The number of nitrogens with zero attached hydrogens (tertiary/aromatic N) is 1. The summed E-state index contributed by atoms with van der Waals surface area (Å²) in [6.07, 6.45) is 0. The fourth-order valence-electron chi connectivity index (χ4n) is 2.42. The summed E-state index contributed by atoms with van der Waals surface area (Å²) >= 11 is 0. The number of benzene rings is 2. The average Bonchev–Trinajstić information content (AvgIpc) is 2.65. The molecule has 2 aromatic carbocycles. The van der Waals surface area contributed by atoms with Gasteiger partial charge in [-0.2, -0.15) is 0 Å². The molecule has 6 nitrogen and oxygen atoms in total. The molecule has 0 aliphatic heterocycles. The van der Waals surface area contributed by atoms with Crippen molar-refractivity contribution in [2.45, 2.75) is 39.9 Å². The van der Waals surface area contributed by atoms with Crippen LogP contribution in [0.3, 0.4) is 0 Å². The first kappa shape index (κ1) is 23.7. The molecule has 0 bridgehead atoms. The molecule has 4 N–H and O–H groups in total. The van der Waals surface area contributed by atoms with Crippen molar-refractivity contribution in [1.29, 1.82) is 0 Å². The lowest BCUT2D eigenvalue weighted by Gasteiger charge is -2.13. The standard InChI is InChI=1S/C21H29N5O.HI/c1-4-22-20(23-14-17-8-6-5-7-9-17)24-15-18-10-12-19(13-11-18)26-21(27)25-16(2)3;/h5-13,16H,4,14-15H2,1-3H3,(H2,22,23,24)(H2,25,26,27);1H. The predicted octanol–water partition coefficient (Wildman–Crippen LogP) is 4.09. The number of carbonyl (C=O) groups excluding carboxylic acids is 1. The molecule has 0 radical (unpaired) electrons. The first-order chi connectivity index (χ1) is 13.1. The highest BCUT2D eigenvalue weighted by atomic mass is 127. The molecule has 0 atom stereocenters. The van der Waals surface area contributed by atoms with Gasteiger partial charge in [-0.15, -0.1) is 24.0 Å². The zero-order valence-corrected chi connectivity index (χ0v) is 19.0. The van der Waals surface area contributed by atoms with Crippen LogP contribution in [0.15, 0.2) is 59.6 Å². The van der Waals surface area contributed by atoms with Gasteiger partial charge in [-0.25, -0.2) is 9.79 Å². The Balaban J connectivity index is 0.00000392. The Morgan fingerprint density at radius 3 is 2.25 bits per heavy atom. The number of carbonyl (C=O) groups is 1. The molecule has 0 aliphatic rings. The Morgan fingerprint density at radius 2 is 1.64 bits per heavy atom. The maximum atomic E-state index is 11.7. The molecule has 0 saturated carbocycles. The molecule has 0 unspecified atom stereocenters. The van der Waals surface area contributed by atoms with Crippen molar-refractivity contribution in [1.82, 2.24) is 16.0 Å². The normalized spacial score (nSPS) is 10.8. The molecule has 0 spiro atoms. The maximum absolute atomic E-state index is 11.7. The van der Waals surface area contributed by atoms with Gasteiger partial charge >= 0.3 is 6.03 Å². The van der Waals surface area contributed by atoms with Gasteiger partial charge < -0.3 is 21.3 Å². The van der Waals surface area contributed by atoms with Crippen LogP contribution in [-0.2, 0) is 13.1 Å². The average molecular weight is 495 g/mol. The number of anilines is 1. The molecule has 2 amide bonds. The van der Waals surface area contributed by atoms with Crippen LogP contribution in [0.25, 0.3) is 0 Å². The van der Waals surface area contributed by atoms with E-state index in [-0.39, 0.29) is 36.0 Å². The molecular weight excluding hydrogens is 465 g/mol. The van der Waals surface area contributed by atoms with E-state index < -0.39 is 0 Å². The van der Waals surface area contributed by atoms with E-state index >= 15 is 0 Å². The molecule has 0 fully saturated rings. The van der Waals surface area contributed by atoms with Crippen molar-refractivity contribution in [2.24, 2.45) is 4.99 Å². The van der Waals surface area contributed by atoms with E-state index in [2.05, 4.69) is 38.4 Å². The number of halogens is 1. The Morgan fingerprint density at radius 1 is 0.964 bits per heavy atom. The number of nitrogens with one attached hydrogen (secondary N) is 4. The first-order valence-electron chi connectivity index (χ1n) is 9.29. The van der Waals surface area contributed by atoms with Crippen LogP contribution in [0.4, 0.5) is 10.5 Å². The predicted molar refractivity (Wildman–Crippen MR) is 127 cm³/mol. The maximum Gasteiger partial charge on any atom is 0.319 e. The van der Waals surface area contributed by atoms with Gasteiger partial charge in [0.25, 0.3) is 0 Å². The molecule has 2 rings (SSSR count). The van der Waals surface area contributed by atoms with Crippen molar-refractivity contribution in [3.05, 3.63) is 65.7 Å². The van der Waals surface area contributed by atoms with E-state index in [0.717, 1.165) is 23.8 Å². The highest BCUT2D eigenvalue weighted by Gasteiger charge is 2.04. The molecule has 2 aromatic rings. The van der Waals surface area contributed by atoms with Crippen molar-refractivity contribution < 1.29 is 4.79 Å². The molecule has 0 aromatic heterocycles. The third kappa shape index (κ3) is 9.07. The highest BCUT2D eigenvalue weighted by molar-refractivity contribution is 14.0. The number of hydrogen-bond donors (Lipinski definition) is 4. The lowest BCUT2D eigenvalue weighted by molar-refractivity contribution is 0.250. The third-order valence-electron chi connectivity index (χ3n) is 3.70. The van der Waals surface area contributed by atoms with Crippen molar-refractivity contribution in [2.75, 3.05) is 11.9 Å². The second-order valence-electron chi connectivity index (χ2n) is 6.48. The monoisotopic (exact) mass is 495 g/mol. The number of amides is 2.